The van der Waals surface area contributed by atoms with Crippen molar-refractivity contribution in [1.82, 2.24) is 4.90 Å². The second-order valence-corrected chi connectivity index (χ2v) is 7.28. The average molecular weight is 388 g/mol. The number of nitro groups is 1. The summed E-state index contributed by atoms with van der Waals surface area (Å²) in [6.45, 7) is 4.16. The van der Waals surface area contributed by atoms with E-state index >= 15 is 0 Å². The molecule has 2 aliphatic rings. The van der Waals surface area contributed by atoms with E-state index in [4.69, 9.17) is 5.73 Å². The highest BCUT2D eigenvalue weighted by molar-refractivity contribution is 5.59. The Kier molecular flexibility index (Phi) is 5.37. The van der Waals surface area contributed by atoms with Crippen LogP contribution in [0.1, 0.15) is 24.8 Å². The van der Waals surface area contributed by atoms with Gasteiger partial charge in [-0.25, -0.2) is 0 Å². The van der Waals surface area contributed by atoms with Gasteiger partial charge >= 0.3 is 0 Å². The first-order chi connectivity index (χ1) is 13.9. The SMILES string of the molecule is CCCN1CC=C2C(C#N)=C(N)C(C#N)(C#N)[C@H](c3ccc([N+](=O)[O-])cc3)[C@H]2C1. The van der Waals surface area contributed by atoms with Gasteiger partial charge in [0.05, 0.1) is 28.3 Å². The molecule has 1 aliphatic carbocycles. The van der Waals surface area contributed by atoms with Crippen LogP contribution in [-0.2, 0) is 0 Å². The topological polar surface area (TPSA) is 144 Å². The van der Waals surface area contributed by atoms with E-state index in [2.05, 4.69) is 30.0 Å². The third kappa shape index (κ3) is 3.12. The molecular formula is C21H20N6O2. The predicted molar refractivity (Wildman–Crippen MR) is 105 cm³/mol. The molecule has 0 saturated carbocycles. The van der Waals surface area contributed by atoms with Gasteiger partial charge in [-0.05, 0) is 24.1 Å². The van der Waals surface area contributed by atoms with Crippen molar-refractivity contribution in [3.8, 4) is 18.2 Å². The summed E-state index contributed by atoms with van der Waals surface area (Å²) in [5.74, 6) is -0.931. The van der Waals surface area contributed by atoms with Crippen molar-refractivity contribution < 1.29 is 4.92 Å². The summed E-state index contributed by atoms with van der Waals surface area (Å²) in [4.78, 5) is 12.7. The molecule has 1 aliphatic heterocycles. The molecule has 8 heteroatoms. The van der Waals surface area contributed by atoms with Crippen LogP contribution in [0.5, 0.6) is 0 Å². The normalized spacial score (nSPS) is 23.2. The van der Waals surface area contributed by atoms with E-state index < -0.39 is 16.3 Å². The number of nitrogens with zero attached hydrogens (tertiary/aromatic N) is 5. The maximum Gasteiger partial charge on any atom is 0.269 e. The summed E-state index contributed by atoms with van der Waals surface area (Å²) in [5, 5.41) is 40.8. The molecule has 0 aromatic heterocycles. The lowest BCUT2D eigenvalue weighted by Crippen LogP contribution is -2.48. The first-order valence-electron chi connectivity index (χ1n) is 9.33. The minimum Gasteiger partial charge on any atom is -0.399 e. The van der Waals surface area contributed by atoms with Crippen molar-refractivity contribution in [1.29, 1.82) is 15.8 Å². The average Bonchev–Trinajstić information content (AvgIpc) is 2.73. The molecule has 1 heterocycles. The molecule has 1 aromatic carbocycles. The van der Waals surface area contributed by atoms with Crippen molar-refractivity contribution in [2.45, 2.75) is 19.3 Å². The number of nitriles is 3. The molecule has 3 rings (SSSR count). The highest BCUT2D eigenvalue weighted by Gasteiger charge is 2.54. The first-order valence-corrected chi connectivity index (χ1v) is 9.33. The highest BCUT2D eigenvalue weighted by atomic mass is 16.6. The number of hydrogen-bond donors (Lipinski definition) is 1. The summed E-state index contributed by atoms with van der Waals surface area (Å²) in [6, 6.07) is 12.1. The van der Waals surface area contributed by atoms with E-state index in [1.165, 1.54) is 12.1 Å². The molecule has 0 radical (unpaired) electrons. The lowest BCUT2D eigenvalue weighted by Gasteiger charge is -2.45. The van der Waals surface area contributed by atoms with Crippen molar-refractivity contribution in [2.75, 3.05) is 19.6 Å². The zero-order valence-electron chi connectivity index (χ0n) is 16.0. The number of benzene rings is 1. The van der Waals surface area contributed by atoms with Crippen molar-refractivity contribution in [3.63, 3.8) is 0 Å². The minimum absolute atomic E-state index is 0.0419. The van der Waals surface area contributed by atoms with Gasteiger partial charge in [0.1, 0.15) is 6.07 Å². The monoisotopic (exact) mass is 388 g/mol. The van der Waals surface area contributed by atoms with Crippen LogP contribution in [0.2, 0.25) is 0 Å². The molecule has 8 nitrogen and oxygen atoms in total. The fourth-order valence-electron chi connectivity index (χ4n) is 4.42. The zero-order valence-corrected chi connectivity index (χ0v) is 16.0. The van der Waals surface area contributed by atoms with Crippen LogP contribution in [0.4, 0.5) is 5.69 Å². The summed E-state index contributed by atoms with van der Waals surface area (Å²) in [5.41, 5.74) is 5.98. The number of nitrogens with two attached hydrogens (primary N) is 1. The molecule has 0 unspecified atom stereocenters. The fourth-order valence-corrected chi connectivity index (χ4v) is 4.42. The van der Waals surface area contributed by atoms with Crippen molar-refractivity contribution in [3.05, 3.63) is 62.9 Å². The summed E-state index contributed by atoms with van der Waals surface area (Å²) >= 11 is 0. The molecule has 0 saturated heterocycles. The first kappa shape index (κ1) is 20.1. The third-order valence-electron chi connectivity index (χ3n) is 5.74. The van der Waals surface area contributed by atoms with Crippen LogP contribution in [0.3, 0.4) is 0 Å². The standard InChI is InChI=1S/C21H20N6O2/c1-2-8-26-9-7-16-17(10-22)20(25)21(12-23,13-24)19(18(16)11-26)14-3-5-15(6-4-14)27(28)29/h3-7,18-19H,2,8-9,11,25H2,1H3/t18-,19+/m0/s1. The highest BCUT2D eigenvalue weighted by Crippen LogP contribution is 2.54. The largest absolute Gasteiger partial charge is 0.399 e. The van der Waals surface area contributed by atoms with Crippen molar-refractivity contribution in [2.24, 2.45) is 17.1 Å². The Morgan fingerprint density at radius 2 is 1.93 bits per heavy atom. The lowest BCUT2D eigenvalue weighted by atomic mass is 9.58. The van der Waals surface area contributed by atoms with Crippen LogP contribution in [0.15, 0.2) is 47.2 Å². The van der Waals surface area contributed by atoms with Gasteiger partial charge < -0.3 is 5.73 Å². The number of rotatable bonds is 4. The smallest absolute Gasteiger partial charge is 0.269 e. The van der Waals surface area contributed by atoms with Crippen molar-refractivity contribution >= 4 is 5.69 Å². The predicted octanol–water partition coefficient (Wildman–Crippen LogP) is 2.73. The van der Waals surface area contributed by atoms with E-state index in [1.54, 1.807) is 12.1 Å². The Morgan fingerprint density at radius 1 is 1.28 bits per heavy atom. The summed E-state index contributed by atoms with van der Waals surface area (Å²) in [6.07, 6.45) is 2.90. The number of non-ortho nitro benzene ring substituents is 1. The van der Waals surface area contributed by atoms with Gasteiger partial charge in [-0.1, -0.05) is 25.1 Å². The molecular weight excluding hydrogens is 368 g/mol. The van der Waals surface area contributed by atoms with E-state index in [-0.39, 0.29) is 22.9 Å². The van der Waals surface area contributed by atoms with Gasteiger partial charge in [0, 0.05) is 37.1 Å². The molecule has 0 fully saturated rings. The second kappa shape index (κ2) is 7.75. The molecule has 0 bridgehead atoms. The Bertz CT molecular complexity index is 1010. The fraction of sp³-hybridized carbons (Fsp3) is 0.381. The van der Waals surface area contributed by atoms with Gasteiger partial charge in [-0.3, -0.25) is 15.0 Å². The molecule has 0 amide bonds. The molecule has 2 N–H and O–H groups in total. The number of nitro benzene ring substituents is 1. The Morgan fingerprint density at radius 3 is 2.45 bits per heavy atom. The van der Waals surface area contributed by atoms with Crippen LogP contribution in [0.25, 0.3) is 0 Å². The Hall–Kier alpha value is -3.67. The Labute approximate surface area is 168 Å². The third-order valence-corrected chi connectivity index (χ3v) is 5.74. The molecule has 1 aromatic rings. The number of fused-ring (bicyclic) bond motifs is 1. The van der Waals surface area contributed by atoms with E-state index in [0.717, 1.165) is 18.5 Å². The van der Waals surface area contributed by atoms with Gasteiger partial charge in [0.15, 0.2) is 5.41 Å². The number of hydrogen-bond acceptors (Lipinski definition) is 7. The summed E-state index contributed by atoms with van der Waals surface area (Å²) < 4.78 is 0. The maximum atomic E-state index is 11.0. The second-order valence-electron chi connectivity index (χ2n) is 7.28. The van der Waals surface area contributed by atoms with Crippen LogP contribution in [0, 0.1) is 55.4 Å². The van der Waals surface area contributed by atoms with E-state index in [1.807, 2.05) is 6.08 Å². The molecule has 2 atom stereocenters. The zero-order chi connectivity index (χ0) is 21.2. The number of allylic oxidation sites excluding steroid dienone is 2. The van der Waals surface area contributed by atoms with Crippen LogP contribution in [-0.4, -0.2) is 29.5 Å². The van der Waals surface area contributed by atoms with Crippen LogP contribution >= 0.6 is 0 Å². The van der Waals surface area contributed by atoms with Gasteiger partial charge in [0.25, 0.3) is 5.69 Å². The Balaban J connectivity index is 2.23. The quantitative estimate of drug-likeness (QED) is 0.616. The van der Waals surface area contributed by atoms with Gasteiger partial charge in [-0.15, -0.1) is 0 Å². The van der Waals surface area contributed by atoms with Gasteiger partial charge in [0.2, 0.25) is 0 Å². The van der Waals surface area contributed by atoms with Crippen LogP contribution < -0.4 is 5.73 Å². The maximum absolute atomic E-state index is 11.0. The summed E-state index contributed by atoms with van der Waals surface area (Å²) in [7, 11) is 0. The van der Waals surface area contributed by atoms with Gasteiger partial charge in [-0.2, -0.15) is 15.8 Å². The lowest BCUT2D eigenvalue weighted by molar-refractivity contribution is -0.384. The van der Waals surface area contributed by atoms with E-state index in [0.29, 0.717) is 18.7 Å². The molecule has 0 spiro atoms. The molecule has 29 heavy (non-hydrogen) atoms. The van der Waals surface area contributed by atoms with E-state index in [9.17, 15) is 25.9 Å². The molecule has 146 valence electrons. The minimum atomic E-state index is -1.72.